The number of carbonyl (C=O) groups excluding carboxylic acids is 3. The maximum absolute atomic E-state index is 8.89. The molecule has 0 heterocycles. The first kappa shape index (κ1) is 36.1. The molecule has 80 valence electrons. The molecular formula is C6H13NNa2O6. The molecule has 4 N–H and O–H groups in total. The second kappa shape index (κ2) is 29.3. The number of carbonyl (C=O) groups is 3. The fourth-order valence-corrected chi connectivity index (χ4v) is 0. The van der Waals surface area contributed by atoms with Crippen LogP contribution in [-0.4, -0.2) is 17.9 Å². The first-order chi connectivity index (χ1) is 5.20. The van der Waals surface area contributed by atoms with Crippen LogP contribution in [0.1, 0.15) is 20.8 Å². The number of hydrogen-bond donors (Lipinski definition) is 1. The van der Waals surface area contributed by atoms with E-state index in [4.69, 9.17) is 29.7 Å². The summed E-state index contributed by atoms with van der Waals surface area (Å²) in [5, 5.41) is 26.7. The second-order valence-electron chi connectivity index (χ2n) is 1.47. The Morgan fingerprint density at radius 1 is 0.667 bits per heavy atom. The van der Waals surface area contributed by atoms with Crippen molar-refractivity contribution in [2.45, 2.75) is 20.8 Å². The molecule has 0 rings (SSSR count). The van der Waals surface area contributed by atoms with Crippen LogP contribution in [0.15, 0.2) is 0 Å². The Morgan fingerprint density at radius 3 is 0.667 bits per heavy atom. The maximum atomic E-state index is 8.89. The molecule has 0 aliphatic carbocycles. The van der Waals surface area contributed by atoms with Crippen LogP contribution in [0.4, 0.5) is 0 Å². The minimum Gasteiger partial charge on any atom is -0.550 e. The molecule has 0 spiro atoms. The summed E-state index contributed by atoms with van der Waals surface area (Å²) in [5.41, 5.74) is 0. The van der Waals surface area contributed by atoms with Crippen molar-refractivity contribution in [3.8, 4) is 0 Å². The summed E-state index contributed by atoms with van der Waals surface area (Å²) in [6, 6.07) is 0. The van der Waals surface area contributed by atoms with Crippen LogP contribution < -0.4 is 80.6 Å². The summed E-state index contributed by atoms with van der Waals surface area (Å²) in [5.74, 6) is -3.25. The summed E-state index contributed by atoms with van der Waals surface area (Å²) < 4.78 is 0. The van der Waals surface area contributed by atoms with Gasteiger partial charge in [0.05, 0.1) is 0 Å². The zero-order valence-corrected chi connectivity index (χ0v) is 13.9. The van der Waals surface area contributed by atoms with Gasteiger partial charge < -0.3 is 35.9 Å². The third-order valence-electron chi connectivity index (χ3n) is 0. The zero-order chi connectivity index (χ0) is 10.7. The minimum absolute atomic E-state index is 0. The molecule has 0 atom stereocenters. The van der Waals surface area contributed by atoms with Crippen LogP contribution in [0.2, 0.25) is 0 Å². The molecule has 0 saturated heterocycles. The van der Waals surface area contributed by atoms with Gasteiger partial charge in [-0.25, -0.2) is 0 Å². The molecule has 0 fully saturated rings. The smallest absolute Gasteiger partial charge is 0.550 e. The van der Waals surface area contributed by atoms with Gasteiger partial charge in [0.15, 0.2) is 0 Å². The second-order valence-corrected chi connectivity index (χ2v) is 1.47. The van der Waals surface area contributed by atoms with Gasteiger partial charge in [-0.3, -0.25) is 0 Å². The summed E-state index contributed by atoms with van der Waals surface area (Å²) in [6.07, 6.45) is 0. The van der Waals surface area contributed by atoms with E-state index in [1.54, 1.807) is 0 Å². The van der Waals surface area contributed by atoms with Crippen LogP contribution in [0.3, 0.4) is 0 Å². The van der Waals surface area contributed by atoms with Crippen LogP contribution in [0.5, 0.6) is 0 Å². The summed E-state index contributed by atoms with van der Waals surface area (Å²) in [7, 11) is 0. The molecular weight excluding hydrogens is 228 g/mol. The predicted octanol–water partition coefficient (Wildman–Crippen LogP) is -9.35. The third-order valence-corrected chi connectivity index (χ3v) is 0. The van der Waals surface area contributed by atoms with Crippen molar-refractivity contribution in [2.24, 2.45) is 0 Å². The van der Waals surface area contributed by atoms with E-state index < -0.39 is 17.9 Å². The average molecular weight is 241 g/mol. The third kappa shape index (κ3) is 16100. The van der Waals surface area contributed by atoms with Crippen LogP contribution in [0.25, 0.3) is 0 Å². The molecule has 7 nitrogen and oxygen atoms in total. The van der Waals surface area contributed by atoms with Gasteiger partial charge in [0, 0.05) is 17.9 Å². The van der Waals surface area contributed by atoms with Gasteiger partial charge in [-0.1, -0.05) is 0 Å². The van der Waals surface area contributed by atoms with Gasteiger partial charge in [0.1, 0.15) is 0 Å². The Labute approximate surface area is 132 Å². The molecule has 0 saturated carbocycles. The molecule has 0 radical (unpaired) electrons. The van der Waals surface area contributed by atoms with E-state index in [9.17, 15) is 0 Å². The number of carboxylic acid groups (broad SMARTS) is 3. The van der Waals surface area contributed by atoms with Crippen molar-refractivity contribution < 1.29 is 88.8 Å². The maximum Gasteiger partial charge on any atom is 1.00 e. The Morgan fingerprint density at radius 2 is 0.667 bits per heavy atom. The van der Waals surface area contributed by atoms with E-state index in [0.717, 1.165) is 20.8 Å². The van der Waals surface area contributed by atoms with Crippen LogP contribution in [0, 0.1) is 0 Å². The fourth-order valence-electron chi connectivity index (χ4n) is 0. The van der Waals surface area contributed by atoms with E-state index in [1.807, 2.05) is 0 Å². The normalized spacial score (nSPS) is 5.00. The van der Waals surface area contributed by atoms with Gasteiger partial charge in [-0.15, -0.1) is 0 Å². The largest absolute Gasteiger partial charge is 1.00 e. The average Bonchev–Trinajstić information content (AvgIpc) is 1.54. The van der Waals surface area contributed by atoms with E-state index in [1.165, 1.54) is 0 Å². The van der Waals surface area contributed by atoms with E-state index >= 15 is 0 Å². The molecule has 9 heteroatoms. The quantitative estimate of drug-likeness (QED) is 0.415. The topological polar surface area (TPSA) is 157 Å². The van der Waals surface area contributed by atoms with Gasteiger partial charge in [-0.2, -0.15) is 0 Å². The zero-order valence-electron chi connectivity index (χ0n) is 9.95. The molecule has 15 heavy (non-hydrogen) atoms. The molecule has 0 aromatic carbocycles. The Balaban J connectivity index is -0.0000000184. The van der Waals surface area contributed by atoms with Crippen LogP contribution >= 0.6 is 0 Å². The Hall–Kier alpha value is 0.370. The van der Waals surface area contributed by atoms with Gasteiger partial charge >= 0.3 is 59.1 Å². The van der Waals surface area contributed by atoms with E-state index in [2.05, 4.69) is 0 Å². The van der Waals surface area contributed by atoms with Crippen molar-refractivity contribution in [3.05, 3.63) is 0 Å². The fraction of sp³-hybridized carbons (Fsp3) is 0.500. The first-order valence-corrected chi connectivity index (χ1v) is 2.72. The minimum atomic E-state index is -1.08. The Bertz CT molecular complexity index is 123. The standard InChI is InChI=1S/3C2H4O2.H3N.2Na/c3*1-2(3)4;;;/h3*1H3,(H,3,4);1H3;;/q;;;;2*+1/p-2. The van der Waals surface area contributed by atoms with Gasteiger partial charge in [-0.05, 0) is 20.8 Å². The van der Waals surface area contributed by atoms with E-state index in [0.29, 0.717) is 0 Å². The number of aliphatic carboxylic acids is 3. The van der Waals surface area contributed by atoms with Crippen molar-refractivity contribution in [1.82, 2.24) is 6.15 Å². The number of quaternary nitrogens is 1. The van der Waals surface area contributed by atoms with Crippen molar-refractivity contribution in [3.63, 3.8) is 0 Å². The molecule has 0 aliphatic heterocycles. The summed E-state index contributed by atoms with van der Waals surface area (Å²) in [6.45, 7) is 2.92. The SMILES string of the molecule is CC(=O)[O-].CC(=O)[O-].CC(=O)[O-].[NH4+].[Na+].[Na+]. The molecule has 0 amide bonds. The monoisotopic (exact) mass is 241 g/mol. The van der Waals surface area contributed by atoms with E-state index in [-0.39, 0.29) is 65.3 Å². The first-order valence-electron chi connectivity index (χ1n) is 2.72. The Kier molecular flexibility index (Phi) is 70.5. The molecule has 0 aliphatic rings. The number of rotatable bonds is 0. The summed E-state index contributed by atoms with van der Waals surface area (Å²) in [4.78, 5) is 26.7. The molecule has 0 aromatic heterocycles. The molecule has 0 aromatic rings. The molecule has 0 unspecified atom stereocenters. The predicted molar refractivity (Wildman–Crippen MR) is 38.0 cm³/mol. The van der Waals surface area contributed by atoms with Gasteiger partial charge in [0.2, 0.25) is 0 Å². The number of carboxylic acids is 3. The summed E-state index contributed by atoms with van der Waals surface area (Å²) >= 11 is 0. The molecule has 0 bridgehead atoms. The van der Waals surface area contributed by atoms with Crippen molar-refractivity contribution >= 4 is 17.9 Å². The van der Waals surface area contributed by atoms with Gasteiger partial charge in [0.25, 0.3) is 0 Å². The van der Waals surface area contributed by atoms with Crippen LogP contribution in [-0.2, 0) is 14.4 Å². The van der Waals surface area contributed by atoms with Crippen molar-refractivity contribution in [2.75, 3.05) is 0 Å². The number of hydrogen-bond acceptors (Lipinski definition) is 6. The van der Waals surface area contributed by atoms with Crippen molar-refractivity contribution in [1.29, 1.82) is 0 Å².